The molecule has 4 fully saturated rings. The number of nitrogens with one attached hydrogen (secondary N) is 2. The molecule has 17 nitrogen and oxygen atoms in total. The first-order valence-electron chi connectivity index (χ1n) is 23.3. The molecule has 2 amide bonds. The molecular weight excluding hydrogens is 998 g/mol. The van der Waals surface area contributed by atoms with Gasteiger partial charge in [-0.15, -0.1) is 0 Å². The summed E-state index contributed by atoms with van der Waals surface area (Å²) in [6.07, 6.45) is 0.733. The van der Waals surface area contributed by atoms with E-state index in [1.54, 1.807) is 51.1 Å². The molecule has 0 radical (unpaired) electrons. The topological polar surface area (TPSA) is 269 Å². The molecule has 2 aromatic rings. The number of aliphatic carboxylic acids is 1. The molecule has 6 N–H and O–H groups in total. The van der Waals surface area contributed by atoms with Crippen molar-refractivity contribution in [1.29, 1.82) is 0 Å². The number of alkyl halides is 2. The van der Waals surface area contributed by atoms with Crippen molar-refractivity contribution in [2.75, 3.05) is 17.3 Å². The van der Waals surface area contributed by atoms with E-state index in [1.807, 2.05) is 18.2 Å². The zero-order chi connectivity index (χ0) is 51.1. The molecule has 1 heterocycles. The van der Waals surface area contributed by atoms with Gasteiger partial charge in [0.25, 0.3) is 0 Å². The van der Waals surface area contributed by atoms with Gasteiger partial charge in [0.1, 0.15) is 12.4 Å². The number of rotatable bonds is 20. The Hall–Kier alpha value is -4.59. The Morgan fingerprint density at radius 3 is 2.39 bits per heavy atom. The van der Waals surface area contributed by atoms with Crippen LogP contribution in [0.2, 0.25) is 0 Å². The number of Topliss-reactive ketones (excluding diaryl/α,β-unsaturated/α-hetero) is 3. The van der Waals surface area contributed by atoms with Crippen molar-refractivity contribution in [3.05, 3.63) is 89.0 Å². The Morgan fingerprint density at radius 2 is 1.71 bits per heavy atom. The number of carboxylic acids is 1. The van der Waals surface area contributed by atoms with E-state index in [1.165, 1.54) is 25.2 Å². The summed E-state index contributed by atoms with van der Waals surface area (Å²) in [7, 11) is -5.11. The number of carbonyl (C=O) groups is 7. The first kappa shape index (κ1) is 53.2. The Bertz CT molecular complexity index is 2550. The second-order valence-electron chi connectivity index (χ2n) is 19.9. The third-order valence-electron chi connectivity index (χ3n) is 15.5. The standard InChI is InChI=1S/C50H59BrFN2O15P/c1-27(18-39(57)28(2)53-45(63)32(12-15-43(60)61)21-36(56)25-51)44(62)54-34-7-5-6-30(20-34)19-29-8-10-31(11-9-29)46-68-42-23-38-37-14-13-33-22-35(55)16-17-47(33,3)49(37,52)40(58)24-48(38,4)50(42,69-46)41(59)26-67-70(64,65)66/h5-11,16-17,20,22,27-28,32,37-38,40,42,46,58H,12-15,18-19,21,23-26H2,1-4H3,(H,53,63)(H,54,62)(H,60,61)(H2,64,65,66)/t27-,28+,32-,37+,38+,40+,42-,46-,47+,48+,49+,50-/m1/s1. The number of hydrogen-bond acceptors (Lipinski definition) is 12. The molecule has 0 bridgehead atoms. The van der Waals surface area contributed by atoms with Crippen molar-refractivity contribution in [1.82, 2.24) is 5.32 Å². The molecule has 70 heavy (non-hydrogen) atoms. The van der Waals surface area contributed by atoms with Crippen LogP contribution >= 0.6 is 23.8 Å². The smallest absolute Gasteiger partial charge is 0.470 e. The predicted molar refractivity (Wildman–Crippen MR) is 253 cm³/mol. The van der Waals surface area contributed by atoms with Gasteiger partial charge in [-0.3, -0.25) is 38.1 Å². The van der Waals surface area contributed by atoms with Gasteiger partial charge in [0.15, 0.2) is 34.9 Å². The van der Waals surface area contributed by atoms with E-state index in [0.717, 1.165) is 11.1 Å². The third kappa shape index (κ3) is 10.2. The summed E-state index contributed by atoms with van der Waals surface area (Å²) in [6.45, 7) is 5.43. The van der Waals surface area contributed by atoms with Crippen LogP contribution in [-0.2, 0) is 58.5 Å². The van der Waals surface area contributed by atoms with Crippen molar-refractivity contribution in [2.45, 2.75) is 121 Å². The maximum Gasteiger partial charge on any atom is 0.470 e. The molecule has 12 atom stereocenters. The van der Waals surface area contributed by atoms with E-state index in [0.29, 0.717) is 29.7 Å². The van der Waals surface area contributed by atoms with Crippen LogP contribution in [0.4, 0.5) is 10.1 Å². The quantitative estimate of drug-likeness (QED) is 0.0660. The van der Waals surface area contributed by atoms with Crippen LogP contribution in [0.3, 0.4) is 0 Å². The molecule has 4 aliphatic carbocycles. The van der Waals surface area contributed by atoms with Crippen LogP contribution in [0.1, 0.15) is 102 Å². The van der Waals surface area contributed by atoms with Crippen LogP contribution < -0.4 is 10.6 Å². The number of halogens is 2. The fourth-order valence-corrected chi connectivity index (χ4v) is 12.4. The highest BCUT2D eigenvalue weighted by molar-refractivity contribution is 9.09. The van der Waals surface area contributed by atoms with Crippen LogP contribution in [-0.4, -0.2) is 102 Å². The minimum absolute atomic E-state index is 0.00163. The molecule has 3 saturated carbocycles. The van der Waals surface area contributed by atoms with Crippen molar-refractivity contribution < 1.29 is 76.5 Å². The van der Waals surface area contributed by atoms with Gasteiger partial charge in [0, 0.05) is 59.1 Å². The number of anilines is 1. The lowest BCUT2D eigenvalue weighted by Crippen LogP contribution is -2.69. The molecule has 0 unspecified atom stereocenters. The van der Waals surface area contributed by atoms with Crippen LogP contribution in [0.25, 0.3) is 0 Å². The summed E-state index contributed by atoms with van der Waals surface area (Å²) >= 11 is 3.04. The third-order valence-corrected chi connectivity index (χ3v) is 16.6. The normalized spacial score (nSPS) is 31.2. The van der Waals surface area contributed by atoms with Gasteiger partial charge >= 0.3 is 13.8 Å². The van der Waals surface area contributed by atoms with E-state index in [2.05, 4.69) is 26.6 Å². The largest absolute Gasteiger partial charge is 0.481 e. The summed E-state index contributed by atoms with van der Waals surface area (Å²) in [6, 6.07) is 13.3. The zero-order valence-electron chi connectivity index (χ0n) is 39.2. The lowest BCUT2D eigenvalue weighted by Gasteiger charge is -2.62. The highest BCUT2D eigenvalue weighted by atomic mass is 79.9. The van der Waals surface area contributed by atoms with E-state index in [9.17, 15) is 53.0 Å². The lowest BCUT2D eigenvalue weighted by molar-refractivity contribution is -0.231. The molecule has 2 aromatic carbocycles. The van der Waals surface area contributed by atoms with E-state index < -0.39 is 114 Å². The minimum Gasteiger partial charge on any atom is -0.481 e. The Morgan fingerprint density at radius 1 is 1.00 bits per heavy atom. The van der Waals surface area contributed by atoms with Gasteiger partial charge in [-0.1, -0.05) is 77.8 Å². The zero-order valence-corrected chi connectivity index (χ0v) is 41.7. The number of aliphatic hydroxyl groups excluding tert-OH is 1. The number of amides is 2. The summed E-state index contributed by atoms with van der Waals surface area (Å²) < 4.78 is 47.7. The van der Waals surface area contributed by atoms with Gasteiger partial charge in [-0.25, -0.2) is 8.96 Å². The van der Waals surface area contributed by atoms with Crippen molar-refractivity contribution in [2.24, 2.45) is 34.5 Å². The molecule has 1 saturated heterocycles. The fraction of sp³-hybridized carbons (Fsp3) is 0.540. The maximum atomic E-state index is 17.9. The first-order valence-corrected chi connectivity index (χ1v) is 26.0. The number of carboxylic acid groups (broad SMARTS) is 1. The molecule has 1 aliphatic heterocycles. The van der Waals surface area contributed by atoms with Gasteiger partial charge in [0.2, 0.25) is 11.8 Å². The Kier molecular flexibility index (Phi) is 15.6. The number of benzene rings is 2. The van der Waals surface area contributed by atoms with Crippen molar-refractivity contribution in [3.8, 4) is 0 Å². The number of aliphatic hydroxyl groups is 1. The lowest BCUT2D eigenvalue weighted by atomic mass is 9.44. The average Bonchev–Trinajstić information content (AvgIpc) is 3.80. The van der Waals surface area contributed by atoms with Crippen LogP contribution in [0.15, 0.2) is 72.3 Å². The number of carbonyl (C=O) groups excluding carboxylic acids is 6. The number of phosphoric acid groups is 1. The molecular formula is C50H59BrFN2O15P. The highest BCUT2D eigenvalue weighted by Gasteiger charge is 2.79. The van der Waals surface area contributed by atoms with Crippen LogP contribution in [0, 0.1) is 34.5 Å². The molecule has 20 heteroatoms. The van der Waals surface area contributed by atoms with Gasteiger partial charge in [0.05, 0.1) is 23.6 Å². The van der Waals surface area contributed by atoms with E-state index in [-0.39, 0.29) is 61.8 Å². The molecule has 7 rings (SSSR count). The van der Waals surface area contributed by atoms with Crippen molar-refractivity contribution in [3.63, 3.8) is 0 Å². The Labute approximate surface area is 412 Å². The highest BCUT2D eigenvalue weighted by Crippen LogP contribution is 2.72. The second kappa shape index (κ2) is 20.5. The van der Waals surface area contributed by atoms with E-state index >= 15 is 4.39 Å². The number of ketones is 4. The molecule has 0 spiro atoms. The summed E-state index contributed by atoms with van der Waals surface area (Å²) in [4.78, 5) is 108. The number of allylic oxidation sites excluding steroid dienone is 4. The van der Waals surface area contributed by atoms with Gasteiger partial charge in [-0.05, 0) is 93.7 Å². The monoisotopic (exact) mass is 1060 g/mol. The van der Waals surface area contributed by atoms with Crippen molar-refractivity contribution >= 4 is 70.4 Å². The minimum atomic E-state index is -5.11. The Balaban J connectivity index is 1.00. The fourth-order valence-electron chi connectivity index (χ4n) is 11.8. The van der Waals surface area contributed by atoms with Crippen LogP contribution in [0.5, 0.6) is 0 Å². The molecule has 5 aliphatic rings. The summed E-state index contributed by atoms with van der Waals surface area (Å²) in [5, 5.41) is 26.4. The maximum absolute atomic E-state index is 17.9. The first-order chi connectivity index (χ1) is 32.8. The average molecular weight is 1060 g/mol. The SMILES string of the molecule is C[C@H](CC(=O)[C@H](C)NC(=O)[C@H](CCC(=O)O)CC(=O)CBr)C(=O)Nc1cccc(Cc2ccc([C@@H]3O[C@@H]4C[C@H]5[C@@H]6CCC7=CC(=O)C=C[C@]7(C)[C@@]6(F)[C@@H](O)C[C@]5(C)[C@]4(C(=O)COP(=O)(O)O)O3)cc2)c1. The number of hydrogen-bond donors (Lipinski definition) is 6. The summed E-state index contributed by atoms with van der Waals surface area (Å²) in [5.41, 5.74) is -3.39. The number of fused-ring (bicyclic) bond motifs is 7. The summed E-state index contributed by atoms with van der Waals surface area (Å²) in [5.74, 6) is -7.03. The second-order valence-corrected chi connectivity index (χ2v) is 21.7. The molecule has 0 aromatic heterocycles. The van der Waals surface area contributed by atoms with Gasteiger partial charge < -0.3 is 40.1 Å². The van der Waals surface area contributed by atoms with Gasteiger partial charge in [-0.2, -0.15) is 0 Å². The number of ether oxygens (including phenoxy) is 2. The number of phosphoric ester groups is 1. The van der Waals surface area contributed by atoms with E-state index in [4.69, 9.17) is 19.1 Å². The predicted octanol–water partition coefficient (Wildman–Crippen LogP) is 5.96. The molecule has 378 valence electrons.